The topological polar surface area (TPSA) is 49.4 Å². The van der Waals surface area contributed by atoms with Gasteiger partial charge >= 0.3 is 0 Å². The Bertz CT molecular complexity index is 1120. The van der Waals surface area contributed by atoms with Gasteiger partial charge in [0.2, 0.25) is 11.8 Å². The lowest BCUT2D eigenvalue weighted by Gasteiger charge is -2.32. The molecule has 1 unspecified atom stereocenters. The summed E-state index contributed by atoms with van der Waals surface area (Å²) in [5, 5.41) is 4.52. The standard InChI is InChI=1S/C28H29Cl3N2O2S/c1-2-32-28(35)26(18-20-8-4-3-5-9-20)33(19-23-24(30)10-6-11-25(23)31)27(34)12-7-17-36-22-15-13-21(29)14-16-22/h3-6,8-11,13-16,26H,2,7,12,17-19H2,1H3,(H,32,35). The van der Waals surface area contributed by atoms with Crippen LogP contribution < -0.4 is 5.32 Å². The number of amides is 2. The van der Waals surface area contributed by atoms with Crippen LogP contribution >= 0.6 is 46.6 Å². The molecule has 0 aromatic heterocycles. The summed E-state index contributed by atoms with van der Waals surface area (Å²) >= 11 is 20.5. The molecule has 3 aromatic carbocycles. The molecular weight excluding hydrogens is 535 g/mol. The third-order valence-corrected chi connectivity index (χ3v) is 7.69. The molecule has 0 aliphatic heterocycles. The van der Waals surface area contributed by atoms with E-state index in [2.05, 4.69) is 5.32 Å². The van der Waals surface area contributed by atoms with Gasteiger partial charge in [0.15, 0.2) is 0 Å². The lowest BCUT2D eigenvalue weighted by atomic mass is 10.0. The first kappa shape index (κ1) is 28.4. The van der Waals surface area contributed by atoms with E-state index in [0.29, 0.717) is 46.4 Å². The Labute approximate surface area is 232 Å². The third-order valence-electron chi connectivity index (χ3n) is 5.63. The third kappa shape index (κ3) is 8.45. The molecule has 0 heterocycles. The predicted molar refractivity (Wildman–Crippen MR) is 151 cm³/mol. The van der Waals surface area contributed by atoms with Gasteiger partial charge in [0.25, 0.3) is 0 Å². The number of carbonyl (C=O) groups is 2. The van der Waals surface area contributed by atoms with E-state index in [1.54, 1.807) is 34.9 Å². The number of rotatable bonds is 12. The molecule has 0 fully saturated rings. The molecule has 0 bridgehead atoms. The summed E-state index contributed by atoms with van der Waals surface area (Å²) in [5.74, 6) is 0.446. The summed E-state index contributed by atoms with van der Waals surface area (Å²) in [6, 6.07) is 21.9. The molecule has 3 rings (SSSR count). The molecule has 3 aromatic rings. The Hall–Kier alpha value is -2.18. The van der Waals surface area contributed by atoms with E-state index >= 15 is 0 Å². The Kier molecular flexibility index (Phi) is 11.5. The van der Waals surface area contributed by atoms with Gasteiger partial charge in [-0.25, -0.2) is 0 Å². The van der Waals surface area contributed by atoms with Crippen molar-refractivity contribution in [2.24, 2.45) is 0 Å². The minimum atomic E-state index is -0.698. The van der Waals surface area contributed by atoms with Crippen molar-refractivity contribution in [3.63, 3.8) is 0 Å². The van der Waals surface area contributed by atoms with Gasteiger partial charge in [0.05, 0.1) is 0 Å². The quantitative estimate of drug-likeness (QED) is 0.186. The second kappa shape index (κ2) is 14.5. The molecule has 2 amide bonds. The highest BCUT2D eigenvalue weighted by atomic mass is 35.5. The summed E-state index contributed by atoms with van der Waals surface area (Å²) in [6.45, 7) is 2.48. The van der Waals surface area contributed by atoms with Gasteiger partial charge in [-0.2, -0.15) is 0 Å². The highest BCUT2D eigenvalue weighted by Gasteiger charge is 2.30. The monoisotopic (exact) mass is 562 g/mol. The first-order valence-electron chi connectivity index (χ1n) is 11.8. The molecular formula is C28H29Cl3N2O2S. The number of benzene rings is 3. The maximum Gasteiger partial charge on any atom is 0.243 e. The fourth-order valence-corrected chi connectivity index (χ4v) is 5.28. The fraction of sp³-hybridized carbons (Fsp3) is 0.286. The Morgan fingerprint density at radius 1 is 0.917 bits per heavy atom. The minimum absolute atomic E-state index is 0.116. The van der Waals surface area contributed by atoms with Crippen LogP contribution in [-0.2, 0) is 22.6 Å². The van der Waals surface area contributed by atoms with Crippen molar-refractivity contribution in [3.8, 4) is 0 Å². The van der Waals surface area contributed by atoms with Crippen molar-refractivity contribution in [1.82, 2.24) is 10.2 Å². The van der Waals surface area contributed by atoms with Crippen LogP contribution in [0.25, 0.3) is 0 Å². The first-order chi connectivity index (χ1) is 17.4. The van der Waals surface area contributed by atoms with Crippen molar-refractivity contribution in [1.29, 1.82) is 0 Å². The maximum absolute atomic E-state index is 13.6. The molecule has 0 aliphatic carbocycles. The summed E-state index contributed by atoms with van der Waals surface area (Å²) in [4.78, 5) is 29.5. The maximum atomic E-state index is 13.6. The van der Waals surface area contributed by atoms with E-state index in [0.717, 1.165) is 16.2 Å². The van der Waals surface area contributed by atoms with Crippen LogP contribution in [0.1, 0.15) is 30.9 Å². The molecule has 0 spiro atoms. The number of carbonyl (C=O) groups excluding carboxylic acids is 2. The van der Waals surface area contributed by atoms with Crippen LogP contribution in [0.15, 0.2) is 77.7 Å². The zero-order valence-electron chi connectivity index (χ0n) is 20.1. The van der Waals surface area contributed by atoms with Crippen LogP contribution in [-0.4, -0.2) is 35.1 Å². The smallest absolute Gasteiger partial charge is 0.243 e. The van der Waals surface area contributed by atoms with Gasteiger partial charge in [-0.15, -0.1) is 11.8 Å². The molecule has 1 atom stereocenters. The molecule has 4 nitrogen and oxygen atoms in total. The van der Waals surface area contributed by atoms with E-state index in [4.69, 9.17) is 34.8 Å². The second-order valence-corrected chi connectivity index (χ2v) is 10.6. The predicted octanol–water partition coefficient (Wildman–Crippen LogP) is 7.30. The lowest BCUT2D eigenvalue weighted by molar-refractivity contribution is -0.141. The number of halogens is 3. The average Bonchev–Trinajstić information content (AvgIpc) is 2.87. The van der Waals surface area contributed by atoms with Crippen LogP contribution in [0.2, 0.25) is 15.1 Å². The first-order valence-corrected chi connectivity index (χ1v) is 13.9. The molecule has 0 radical (unpaired) electrons. The summed E-state index contributed by atoms with van der Waals surface area (Å²) < 4.78 is 0. The van der Waals surface area contributed by atoms with Crippen molar-refractivity contribution in [3.05, 3.63) is 99.0 Å². The number of likely N-dealkylation sites (N-methyl/N-ethyl adjacent to an activating group) is 1. The molecule has 8 heteroatoms. The normalized spacial score (nSPS) is 11.7. The Morgan fingerprint density at radius 3 is 2.22 bits per heavy atom. The summed E-state index contributed by atoms with van der Waals surface area (Å²) in [6.07, 6.45) is 1.35. The number of nitrogens with zero attached hydrogens (tertiary/aromatic N) is 1. The zero-order valence-corrected chi connectivity index (χ0v) is 23.1. The molecule has 0 saturated carbocycles. The molecule has 0 aliphatic rings. The lowest BCUT2D eigenvalue weighted by Crippen LogP contribution is -2.50. The van der Waals surface area contributed by atoms with E-state index in [-0.39, 0.29) is 18.4 Å². The van der Waals surface area contributed by atoms with Crippen molar-refractivity contribution < 1.29 is 9.59 Å². The SMILES string of the molecule is CCNC(=O)C(Cc1ccccc1)N(Cc1c(Cl)cccc1Cl)C(=O)CCCSc1ccc(Cl)cc1. The number of hydrogen-bond donors (Lipinski definition) is 1. The molecule has 0 saturated heterocycles. The van der Waals surface area contributed by atoms with Gasteiger partial charge in [0.1, 0.15) is 6.04 Å². The molecule has 36 heavy (non-hydrogen) atoms. The number of hydrogen-bond acceptors (Lipinski definition) is 3. The highest BCUT2D eigenvalue weighted by Crippen LogP contribution is 2.28. The van der Waals surface area contributed by atoms with Gasteiger partial charge in [-0.05, 0) is 61.1 Å². The number of thioether (sulfide) groups is 1. The summed E-state index contributed by atoms with van der Waals surface area (Å²) in [7, 11) is 0. The average molecular weight is 564 g/mol. The Morgan fingerprint density at radius 2 is 1.58 bits per heavy atom. The van der Waals surface area contributed by atoms with Crippen molar-refractivity contribution in [2.45, 2.75) is 43.7 Å². The zero-order chi connectivity index (χ0) is 25.9. The van der Waals surface area contributed by atoms with E-state index in [9.17, 15) is 9.59 Å². The van der Waals surface area contributed by atoms with E-state index in [1.165, 1.54) is 0 Å². The Balaban J connectivity index is 1.81. The van der Waals surface area contributed by atoms with Gasteiger partial charge in [0, 0.05) is 51.5 Å². The fourth-order valence-electron chi connectivity index (χ4n) is 3.79. The van der Waals surface area contributed by atoms with Gasteiger partial charge < -0.3 is 10.2 Å². The molecule has 190 valence electrons. The molecule has 1 N–H and O–H groups in total. The van der Waals surface area contributed by atoms with Crippen LogP contribution in [0, 0.1) is 0 Å². The van der Waals surface area contributed by atoms with Crippen LogP contribution in [0.3, 0.4) is 0 Å². The van der Waals surface area contributed by atoms with Crippen molar-refractivity contribution >= 4 is 58.4 Å². The minimum Gasteiger partial charge on any atom is -0.355 e. The van der Waals surface area contributed by atoms with Gasteiger partial charge in [-0.3, -0.25) is 9.59 Å². The second-order valence-electron chi connectivity index (χ2n) is 8.23. The highest BCUT2D eigenvalue weighted by molar-refractivity contribution is 7.99. The van der Waals surface area contributed by atoms with E-state index in [1.807, 2.05) is 61.5 Å². The van der Waals surface area contributed by atoms with Crippen molar-refractivity contribution in [2.75, 3.05) is 12.3 Å². The van der Waals surface area contributed by atoms with E-state index < -0.39 is 6.04 Å². The van der Waals surface area contributed by atoms with Gasteiger partial charge in [-0.1, -0.05) is 71.2 Å². The van der Waals surface area contributed by atoms with Crippen LogP contribution in [0.4, 0.5) is 0 Å². The van der Waals surface area contributed by atoms with Crippen LogP contribution in [0.5, 0.6) is 0 Å². The summed E-state index contributed by atoms with van der Waals surface area (Å²) in [5.41, 5.74) is 1.60. The largest absolute Gasteiger partial charge is 0.355 e. The number of nitrogens with one attached hydrogen (secondary N) is 1.